The average molecular weight is 584 g/mol. The van der Waals surface area contributed by atoms with Crippen molar-refractivity contribution in [2.75, 3.05) is 19.9 Å². The van der Waals surface area contributed by atoms with Crippen LogP contribution in [-0.2, 0) is 13.0 Å². The molecule has 1 saturated heterocycles. The highest BCUT2D eigenvalue weighted by atomic mass is 79.9. The maximum Gasteiger partial charge on any atom is 0.254 e. The van der Waals surface area contributed by atoms with Crippen molar-refractivity contribution >= 4 is 40.3 Å². The lowest BCUT2D eigenvalue weighted by Gasteiger charge is -2.25. The Bertz CT molecular complexity index is 829. The highest BCUT2D eigenvalue weighted by Gasteiger charge is 2.30. The largest absolute Gasteiger partial charge is 0.400 e. The Morgan fingerprint density at radius 2 is 2.00 bits per heavy atom. The summed E-state index contributed by atoms with van der Waals surface area (Å²) in [4.78, 5) is 18.4. The Kier molecular flexibility index (Phi) is 25.0. The van der Waals surface area contributed by atoms with Gasteiger partial charge in [-0.15, -0.1) is 11.8 Å². The molecule has 1 atom stereocenters. The lowest BCUT2D eigenvalue weighted by atomic mass is 10.1. The van der Waals surface area contributed by atoms with E-state index < -0.39 is 0 Å². The summed E-state index contributed by atoms with van der Waals surface area (Å²) in [5.74, 6) is 0.132. The fourth-order valence-corrected chi connectivity index (χ4v) is 4.22. The highest BCUT2D eigenvalue weighted by molar-refractivity contribution is 9.10. The van der Waals surface area contributed by atoms with E-state index in [2.05, 4.69) is 45.7 Å². The minimum atomic E-state index is 0.132. The zero-order valence-electron chi connectivity index (χ0n) is 23.3. The average Bonchev–Trinajstić information content (AvgIpc) is 3.63. The molecule has 0 saturated carbocycles. The Labute approximate surface area is 232 Å². The van der Waals surface area contributed by atoms with Crippen LogP contribution >= 0.6 is 27.7 Å². The number of hydrogen-bond acceptors (Lipinski definition) is 5. The van der Waals surface area contributed by atoms with Crippen LogP contribution in [-0.4, -0.2) is 58.4 Å². The van der Waals surface area contributed by atoms with Gasteiger partial charge in [-0.1, -0.05) is 63.0 Å². The second-order valence-corrected chi connectivity index (χ2v) is 8.73. The second kappa shape index (κ2) is 24.8. The molecule has 8 heteroatoms. The Morgan fingerprint density at radius 1 is 1.31 bits per heavy atom. The summed E-state index contributed by atoms with van der Waals surface area (Å²) >= 11 is 5.24. The molecule has 1 unspecified atom stereocenters. The molecule has 1 N–H and O–H groups in total. The maximum absolute atomic E-state index is 12.9. The zero-order valence-corrected chi connectivity index (χ0v) is 25.7. The first-order valence-corrected chi connectivity index (χ1v) is 14.8. The number of nitrogens with zero attached hydrogens (tertiary/aromatic N) is 4. The molecule has 6 nitrogen and oxygen atoms in total. The predicted molar refractivity (Wildman–Crippen MR) is 162 cm³/mol. The van der Waals surface area contributed by atoms with Gasteiger partial charge in [0.1, 0.15) is 0 Å². The van der Waals surface area contributed by atoms with Crippen molar-refractivity contribution < 1.29 is 9.90 Å². The zero-order chi connectivity index (χ0) is 27.8. The number of carbonyl (C=O) groups is 1. The van der Waals surface area contributed by atoms with Crippen molar-refractivity contribution in [3.8, 4) is 0 Å². The Balaban J connectivity index is 0. The van der Waals surface area contributed by atoms with Gasteiger partial charge in [-0.3, -0.25) is 14.5 Å². The van der Waals surface area contributed by atoms with Crippen LogP contribution in [0, 0.1) is 0 Å². The molecular formula is C28H47BrN4O2S. The summed E-state index contributed by atoms with van der Waals surface area (Å²) in [5.41, 5.74) is 2.05. The first-order chi connectivity index (χ1) is 17.6. The number of aliphatic hydroxyl groups is 1. The molecule has 36 heavy (non-hydrogen) atoms. The van der Waals surface area contributed by atoms with E-state index in [0.29, 0.717) is 0 Å². The minimum absolute atomic E-state index is 0.132. The quantitative estimate of drug-likeness (QED) is 0.327. The number of amides is 1. The molecule has 3 rings (SSSR count). The third-order valence-electron chi connectivity index (χ3n) is 5.00. The van der Waals surface area contributed by atoms with Crippen LogP contribution in [0.3, 0.4) is 0 Å². The van der Waals surface area contributed by atoms with Crippen LogP contribution in [0.4, 0.5) is 0 Å². The van der Waals surface area contributed by atoms with Gasteiger partial charge in [0.05, 0.1) is 12.6 Å². The molecule has 0 bridgehead atoms. The second-order valence-electron chi connectivity index (χ2n) is 7.14. The smallest absolute Gasteiger partial charge is 0.254 e. The first kappa shape index (κ1) is 36.3. The summed E-state index contributed by atoms with van der Waals surface area (Å²) in [6, 6.07) is 8.20. The Morgan fingerprint density at radius 3 is 2.50 bits per heavy atom. The maximum atomic E-state index is 12.9. The third-order valence-corrected chi connectivity index (χ3v) is 6.13. The number of aromatic nitrogens is 2. The van der Waals surface area contributed by atoms with Crippen LogP contribution in [0.15, 0.2) is 57.7 Å². The van der Waals surface area contributed by atoms with Crippen LogP contribution in [0.1, 0.15) is 76.2 Å². The lowest BCUT2D eigenvalue weighted by molar-refractivity contribution is 0.0721. The molecule has 2 heterocycles. The van der Waals surface area contributed by atoms with Crippen LogP contribution in [0.5, 0.6) is 0 Å². The molecular weight excluding hydrogens is 536 g/mol. The molecule has 1 fully saturated rings. The van der Waals surface area contributed by atoms with Gasteiger partial charge in [-0.2, -0.15) is 5.10 Å². The van der Waals surface area contributed by atoms with Gasteiger partial charge in [0.15, 0.2) is 0 Å². The number of benzene rings is 1. The van der Waals surface area contributed by atoms with E-state index >= 15 is 0 Å². The topological polar surface area (TPSA) is 70.7 Å². The number of unbranched alkanes of at least 4 members (excludes halogenated alkanes) is 1. The first-order valence-electron chi connectivity index (χ1n) is 12.8. The van der Waals surface area contributed by atoms with E-state index in [1.807, 2.05) is 73.3 Å². The van der Waals surface area contributed by atoms with Gasteiger partial charge in [-0.25, -0.2) is 0 Å². The van der Waals surface area contributed by atoms with Gasteiger partial charge >= 0.3 is 0 Å². The standard InChI is InChI=1S/C19H24BrN3O.C4H7NS.2C2H6.CH4O/c1-2-3-6-15-8-9-16(13-18(15)20)19(24)23-12-4-7-17(23)14-22-11-5-10-21-22;1-5-3-4-6-2;3*1-2/h5,8-11,13,17H,2-4,6-7,12,14H2,1H3;3-4H,1H2,2H3;2*1-2H3;2H,1H3/b;4-3-;;;. The number of likely N-dealkylation sites (tertiary alicyclic amines) is 1. The number of aliphatic hydroxyl groups excluding tert-OH is 1. The van der Waals surface area contributed by atoms with Crippen molar-refractivity contribution in [1.29, 1.82) is 0 Å². The number of halogens is 1. The van der Waals surface area contributed by atoms with Crippen molar-refractivity contribution in [3.05, 3.63) is 63.9 Å². The van der Waals surface area contributed by atoms with Crippen molar-refractivity contribution in [3.63, 3.8) is 0 Å². The van der Waals surface area contributed by atoms with Crippen molar-refractivity contribution in [2.24, 2.45) is 4.99 Å². The fourth-order valence-electron chi connectivity index (χ4n) is 3.44. The van der Waals surface area contributed by atoms with Gasteiger partial charge in [-0.05, 0) is 67.8 Å². The number of carbonyl (C=O) groups excluding carboxylic acids is 1. The van der Waals surface area contributed by atoms with E-state index in [1.54, 1.807) is 24.2 Å². The summed E-state index contributed by atoms with van der Waals surface area (Å²) in [5, 5.41) is 13.1. The fraction of sp³-hybridized carbons (Fsp3) is 0.536. The lowest BCUT2D eigenvalue weighted by Crippen LogP contribution is -2.38. The Hall–Kier alpha value is -1.90. The van der Waals surface area contributed by atoms with Gasteiger partial charge in [0, 0.05) is 42.3 Å². The molecule has 2 aromatic rings. The van der Waals surface area contributed by atoms with E-state index in [-0.39, 0.29) is 11.9 Å². The number of thioether (sulfide) groups is 1. The molecule has 1 aromatic carbocycles. The minimum Gasteiger partial charge on any atom is -0.400 e. The molecule has 1 aliphatic heterocycles. The molecule has 0 spiro atoms. The summed E-state index contributed by atoms with van der Waals surface area (Å²) in [6.07, 6.45) is 12.9. The molecule has 0 aliphatic carbocycles. The number of hydrogen-bond donors (Lipinski definition) is 1. The number of aliphatic imine (C=N–C) groups is 1. The van der Waals surface area contributed by atoms with Crippen LogP contribution < -0.4 is 0 Å². The van der Waals surface area contributed by atoms with E-state index in [0.717, 1.165) is 49.5 Å². The molecule has 204 valence electrons. The van der Waals surface area contributed by atoms with Gasteiger partial charge < -0.3 is 10.0 Å². The molecule has 1 amide bonds. The SMILES string of the molecule is C=N/C=C\SC.CC.CC.CCCCc1ccc(C(=O)N2CCCC2Cn2cccn2)cc1Br.CO. The normalized spacial score (nSPS) is 13.7. The van der Waals surface area contributed by atoms with Crippen molar-refractivity contribution in [1.82, 2.24) is 14.7 Å². The number of aryl methyl sites for hydroxylation is 1. The molecule has 1 aromatic heterocycles. The van der Waals surface area contributed by atoms with Crippen molar-refractivity contribution in [2.45, 2.75) is 79.3 Å². The summed E-state index contributed by atoms with van der Waals surface area (Å²) < 4.78 is 2.96. The predicted octanol–water partition coefficient (Wildman–Crippen LogP) is 7.48. The van der Waals surface area contributed by atoms with Crippen LogP contribution in [0.25, 0.3) is 0 Å². The summed E-state index contributed by atoms with van der Waals surface area (Å²) in [6.45, 7) is 15.0. The summed E-state index contributed by atoms with van der Waals surface area (Å²) in [7, 11) is 1.00. The third kappa shape index (κ3) is 14.0. The van der Waals surface area contributed by atoms with E-state index in [9.17, 15) is 4.79 Å². The molecule has 1 aliphatic rings. The highest BCUT2D eigenvalue weighted by Crippen LogP contribution is 2.25. The number of rotatable bonds is 8. The van der Waals surface area contributed by atoms with Crippen LogP contribution in [0.2, 0.25) is 0 Å². The molecule has 0 radical (unpaired) electrons. The van der Waals surface area contributed by atoms with Gasteiger partial charge in [0.2, 0.25) is 0 Å². The monoisotopic (exact) mass is 582 g/mol. The van der Waals surface area contributed by atoms with Gasteiger partial charge in [0.25, 0.3) is 5.91 Å². The van der Waals surface area contributed by atoms with E-state index in [1.165, 1.54) is 18.4 Å². The van der Waals surface area contributed by atoms with E-state index in [4.69, 9.17) is 5.11 Å².